The van der Waals surface area contributed by atoms with E-state index in [2.05, 4.69) is 21.6 Å². The van der Waals surface area contributed by atoms with Crippen LogP contribution in [0.5, 0.6) is 0 Å². The first-order valence-corrected chi connectivity index (χ1v) is 10.0. The van der Waals surface area contributed by atoms with Gasteiger partial charge in [0.1, 0.15) is 0 Å². The SMILES string of the molecule is Cn1cc(CC(=O)N2CCN(C(=O)CN3CCOCC3)CC2)c2ccccc21. The Bertz CT molecular complexity index is 848. The number of morpholine rings is 1. The average Bonchev–Trinajstić information content (AvgIpc) is 3.04. The summed E-state index contributed by atoms with van der Waals surface area (Å²) in [6.07, 6.45) is 2.45. The molecule has 0 saturated carbocycles. The molecule has 0 radical (unpaired) electrons. The van der Waals surface area contributed by atoms with Crippen LogP contribution in [0.2, 0.25) is 0 Å². The van der Waals surface area contributed by atoms with Crippen molar-refractivity contribution in [3.05, 3.63) is 36.0 Å². The molecule has 3 heterocycles. The van der Waals surface area contributed by atoms with Crippen LogP contribution in [0.15, 0.2) is 30.5 Å². The highest BCUT2D eigenvalue weighted by Crippen LogP contribution is 2.21. The highest BCUT2D eigenvalue weighted by atomic mass is 16.5. The molecule has 150 valence electrons. The smallest absolute Gasteiger partial charge is 0.236 e. The first kappa shape index (κ1) is 19.0. The van der Waals surface area contributed by atoms with Gasteiger partial charge in [0.15, 0.2) is 0 Å². The van der Waals surface area contributed by atoms with E-state index in [0.717, 1.165) is 29.6 Å². The third-order valence-electron chi connectivity index (χ3n) is 5.77. The van der Waals surface area contributed by atoms with Gasteiger partial charge in [0.2, 0.25) is 11.8 Å². The van der Waals surface area contributed by atoms with Crippen LogP contribution in [0.1, 0.15) is 5.56 Å². The van der Waals surface area contributed by atoms with Gasteiger partial charge in [0, 0.05) is 63.4 Å². The van der Waals surface area contributed by atoms with Crippen molar-refractivity contribution in [3.63, 3.8) is 0 Å². The number of aryl methyl sites for hydroxylation is 1. The van der Waals surface area contributed by atoms with E-state index in [1.165, 1.54) is 0 Å². The number of para-hydroxylation sites is 1. The van der Waals surface area contributed by atoms with E-state index in [9.17, 15) is 9.59 Å². The van der Waals surface area contributed by atoms with Crippen LogP contribution in [-0.4, -0.2) is 90.1 Å². The van der Waals surface area contributed by atoms with E-state index in [1.807, 2.05) is 35.2 Å². The molecule has 0 spiro atoms. The number of carbonyl (C=O) groups is 2. The Balaban J connectivity index is 1.30. The van der Waals surface area contributed by atoms with Crippen molar-refractivity contribution in [2.45, 2.75) is 6.42 Å². The maximum absolute atomic E-state index is 12.8. The van der Waals surface area contributed by atoms with Crippen molar-refractivity contribution in [1.29, 1.82) is 0 Å². The number of rotatable bonds is 4. The van der Waals surface area contributed by atoms with Crippen LogP contribution >= 0.6 is 0 Å². The van der Waals surface area contributed by atoms with Gasteiger partial charge in [-0.1, -0.05) is 18.2 Å². The third-order valence-corrected chi connectivity index (χ3v) is 5.77. The van der Waals surface area contributed by atoms with Gasteiger partial charge in [-0.2, -0.15) is 0 Å². The standard InChI is InChI=1S/C21H28N4O3/c1-22-15-17(18-4-2-3-5-19(18)22)14-20(26)24-6-8-25(9-7-24)21(27)16-23-10-12-28-13-11-23/h2-5,15H,6-14,16H2,1H3. The number of amides is 2. The molecular formula is C21H28N4O3. The van der Waals surface area contributed by atoms with Crippen LogP contribution in [0.4, 0.5) is 0 Å². The van der Waals surface area contributed by atoms with Crippen molar-refractivity contribution in [3.8, 4) is 0 Å². The summed E-state index contributed by atoms with van der Waals surface area (Å²) < 4.78 is 7.40. The zero-order valence-electron chi connectivity index (χ0n) is 16.5. The van der Waals surface area contributed by atoms with Crippen molar-refractivity contribution < 1.29 is 14.3 Å². The molecule has 7 heteroatoms. The number of benzene rings is 1. The number of aromatic nitrogens is 1. The van der Waals surface area contributed by atoms with E-state index < -0.39 is 0 Å². The van der Waals surface area contributed by atoms with Gasteiger partial charge in [-0.25, -0.2) is 0 Å². The van der Waals surface area contributed by atoms with Crippen molar-refractivity contribution >= 4 is 22.7 Å². The summed E-state index contributed by atoms with van der Waals surface area (Å²) in [5, 5.41) is 1.14. The predicted molar refractivity (Wildman–Crippen MR) is 107 cm³/mol. The molecule has 1 aromatic heterocycles. The molecule has 7 nitrogen and oxygen atoms in total. The minimum Gasteiger partial charge on any atom is -0.379 e. The topological polar surface area (TPSA) is 58.0 Å². The molecular weight excluding hydrogens is 356 g/mol. The van der Waals surface area contributed by atoms with E-state index in [0.29, 0.717) is 52.4 Å². The molecule has 2 amide bonds. The summed E-state index contributed by atoms with van der Waals surface area (Å²) >= 11 is 0. The van der Waals surface area contributed by atoms with Gasteiger partial charge in [-0.3, -0.25) is 14.5 Å². The fourth-order valence-electron chi connectivity index (χ4n) is 4.10. The Morgan fingerprint density at radius 1 is 0.929 bits per heavy atom. The maximum Gasteiger partial charge on any atom is 0.236 e. The molecule has 0 unspecified atom stereocenters. The second-order valence-corrected chi connectivity index (χ2v) is 7.61. The molecule has 28 heavy (non-hydrogen) atoms. The molecule has 2 saturated heterocycles. The molecule has 0 atom stereocenters. The zero-order chi connectivity index (χ0) is 19.5. The predicted octanol–water partition coefficient (Wildman–Crippen LogP) is 0.724. The Labute approximate surface area is 165 Å². The number of ether oxygens (including phenoxy) is 1. The number of piperazine rings is 1. The Morgan fingerprint density at radius 3 is 2.29 bits per heavy atom. The lowest BCUT2D eigenvalue weighted by atomic mass is 10.1. The second kappa shape index (κ2) is 8.32. The van der Waals surface area contributed by atoms with Crippen LogP contribution in [0, 0.1) is 0 Å². The lowest BCUT2D eigenvalue weighted by Crippen LogP contribution is -2.53. The third kappa shape index (κ3) is 4.05. The monoisotopic (exact) mass is 384 g/mol. The average molecular weight is 384 g/mol. The summed E-state index contributed by atoms with van der Waals surface area (Å²) in [6, 6.07) is 8.17. The molecule has 0 bridgehead atoms. The Hall–Kier alpha value is -2.38. The van der Waals surface area contributed by atoms with E-state index >= 15 is 0 Å². The second-order valence-electron chi connectivity index (χ2n) is 7.61. The summed E-state index contributed by atoms with van der Waals surface area (Å²) in [6.45, 7) is 5.93. The van der Waals surface area contributed by atoms with Crippen LogP contribution in [-0.2, 0) is 27.8 Å². The van der Waals surface area contributed by atoms with Gasteiger partial charge in [0.25, 0.3) is 0 Å². The molecule has 2 fully saturated rings. The van der Waals surface area contributed by atoms with Crippen molar-refractivity contribution in [1.82, 2.24) is 19.3 Å². The Morgan fingerprint density at radius 2 is 1.57 bits per heavy atom. The highest BCUT2D eigenvalue weighted by Gasteiger charge is 2.26. The fourth-order valence-corrected chi connectivity index (χ4v) is 4.10. The summed E-state index contributed by atoms with van der Waals surface area (Å²) in [5.41, 5.74) is 2.21. The van der Waals surface area contributed by atoms with E-state index in [4.69, 9.17) is 4.74 Å². The Kier molecular flexibility index (Phi) is 5.64. The molecule has 2 aromatic rings. The lowest BCUT2D eigenvalue weighted by Gasteiger charge is -2.36. The molecule has 4 rings (SSSR count). The molecule has 1 aromatic carbocycles. The van der Waals surface area contributed by atoms with Gasteiger partial charge in [-0.05, 0) is 11.6 Å². The number of carbonyl (C=O) groups excluding carboxylic acids is 2. The maximum atomic E-state index is 12.8. The largest absolute Gasteiger partial charge is 0.379 e. The van der Waals surface area contributed by atoms with Gasteiger partial charge in [-0.15, -0.1) is 0 Å². The minimum absolute atomic E-state index is 0.136. The minimum atomic E-state index is 0.136. The van der Waals surface area contributed by atoms with Gasteiger partial charge >= 0.3 is 0 Å². The zero-order valence-corrected chi connectivity index (χ0v) is 16.5. The van der Waals surface area contributed by atoms with Crippen molar-refractivity contribution in [2.24, 2.45) is 7.05 Å². The number of hydrogen-bond acceptors (Lipinski definition) is 4. The van der Waals surface area contributed by atoms with Crippen LogP contribution in [0.3, 0.4) is 0 Å². The van der Waals surface area contributed by atoms with Gasteiger partial charge < -0.3 is 19.1 Å². The quantitative estimate of drug-likeness (QED) is 0.780. The highest BCUT2D eigenvalue weighted by molar-refractivity contribution is 5.89. The molecule has 2 aliphatic rings. The van der Waals surface area contributed by atoms with E-state index in [1.54, 1.807) is 0 Å². The molecule has 2 aliphatic heterocycles. The van der Waals surface area contributed by atoms with E-state index in [-0.39, 0.29) is 11.8 Å². The molecule has 0 N–H and O–H groups in total. The number of fused-ring (bicyclic) bond motifs is 1. The number of nitrogens with zero attached hydrogens (tertiary/aromatic N) is 4. The first-order chi connectivity index (χ1) is 13.6. The molecule has 0 aliphatic carbocycles. The normalized spacial score (nSPS) is 18.6. The fraction of sp³-hybridized carbons (Fsp3) is 0.524. The van der Waals surface area contributed by atoms with Crippen LogP contribution in [0.25, 0.3) is 10.9 Å². The van der Waals surface area contributed by atoms with Crippen LogP contribution < -0.4 is 0 Å². The summed E-state index contributed by atoms with van der Waals surface area (Å²) in [5.74, 6) is 0.291. The van der Waals surface area contributed by atoms with Gasteiger partial charge in [0.05, 0.1) is 26.2 Å². The van der Waals surface area contributed by atoms with Crippen molar-refractivity contribution in [2.75, 3.05) is 59.0 Å². The summed E-state index contributed by atoms with van der Waals surface area (Å²) in [7, 11) is 2.01. The summed E-state index contributed by atoms with van der Waals surface area (Å²) in [4.78, 5) is 31.2. The first-order valence-electron chi connectivity index (χ1n) is 10.0. The number of hydrogen-bond donors (Lipinski definition) is 0. The lowest BCUT2D eigenvalue weighted by molar-refractivity contribution is -0.140.